The summed E-state index contributed by atoms with van der Waals surface area (Å²) in [6.45, 7) is 0. The van der Waals surface area contributed by atoms with Crippen LogP contribution >= 0.6 is 34.9 Å². The van der Waals surface area contributed by atoms with E-state index in [2.05, 4.69) is 30.4 Å². The van der Waals surface area contributed by atoms with E-state index in [0.29, 0.717) is 10.7 Å². The van der Waals surface area contributed by atoms with Gasteiger partial charge in [-0.1, -0.05) is 16.9 Å². The fraction of sp³-hybridized carbons (Fsp3) is 0.444. The number of aliphatic carboxylic acids is 1. The summed E-state index contributed by atoms with van der Waals surface area (Å²) >= 11 is 3.47. The number of β-lactam (4-membered cyclic amide) rings is 1. The third-order valence-electron chi connectivity index (χ3n) is 5.29. The van der Waals surface area contributed by atoms with Crippen molar-refractivity contribution in [1.29, 1.82) is 0 Å². The maximum Gasteiger partial charge on any atom is 1.00 e. The molecule has 2 atom stereocenters. The molecule has 0 aliphatic carbocycles. The summed E-state index contributed by atoms with van der Waals surface area (Å²) in [5.41, 5.74) is 0.197. The predicted octanol–water partition coefficient (Wildman–Crippen LogP) is -5.98. The molecular weight excluding hydrogens is 606 g/mol. The molecule has 0 aromatic carbocycles. The van der Waals surface area contributed by atoms with Crippen molar-refractivity contribution in [2.75, 3.05) is 24.9 Å². The maximum atomic E-state index is 13.1. The number of rotatable bonds is 9. The van der Waals surface area contributed by atoms with Gasteiger partial charge in [0.1, 0.15) is 18.5 Å². The molecule has 1 N–H and O–H groups in total. The molecule has 2 amide bonds. The van der Waals surface area contributed by atoms with Crippen molar-refractivity contribution in [2.24, 2.45) is 23.6 Å². The number of thioether (sulfide) groups is 2. The van der Waals surface area contributed by atoms with Gasteiger partial charge >= 0.3 is 29.6 Å². The van der Waals surface area contributed by atoms with Crippen LogP contribution in [0.15, 0.2) is 31.4 Å². The molecule has 39 heavy (non-hydrogen) atoms. The summed E-state index contributed by atoms with van der Waals surface area (Å²) in [4.78, 5) is 44.1. The molecule has 1 fully saturated rings. The van der Waals surface area contributed by atoms with Gasteiger partial charge in [0.2, 0.25) is 9.96 Å². The number of carbonyl (C=O) groups is 3. The number of hydrogen-bond acceptors (Lipinski definition) is 14. The fourth-order valence-electron chi connectivity index (χ4n) is 3.59. The average Bonchev–Trinajstić information content (AvgIpc) is 3.42. The number of oxime groups is 1. The number of aromatic nitrogens is 5. The number of carboxylic acids is 1. The third-order valence-corrected chi connectivity index (χ3v) is 9.27. The number of amides is 2. The molecule has 2 aliphatic heterocycles. The van der Waals surface area contributed by atoms with Crippen LogP contribution in [0, 0.1) is 0 Å². The smallest absolute Gasteiger partial charge is 0.543 e. The van der Waals surface area contributed by atoms with Gasteiger partial charge in [-0.3, -0.25) is 14.5 Å². The van der Waals surface area contributed by atoms with Crippen molar-refractivity contribution in [3.05, 3.63) is 27.1 Å². The van der Waals surface area contributed by atoms with Crippen LogP contribution in [0.5, 0.6) is 0 Å². The van der Waals surface area contributed by atoms with E-state index < -0.39 is 39.2 Å². The maximum absolute atomic E-state index is 13.1. The number of hydrogen-bond donors (Lipinski definition) is 1. The Morgan fingerprint density at radius 3 is 2.67 bits per heavy atom. The second-order valence-corrected chi connectivity index (χ2v) is 12.4. The first kappa shape index (κ1) is 31.3. The molecule has 0 saturated carbocycles. The quantitative estimate of drug-likeness (QED) is 0.0909. The molecule has 1 saturated heterocycles. The minimum Gasteiger partial charge on any atom is -0.543 e. The topological polar surface area (TPSA) is 206 Å². The van der Waals surface area contributed by atoms with E-state index in [1.807, 2.05) is 0 Å². The largest absolute Gasteiger partial charge is 1.00 e. The van der Waals surface area contributed by atoms with Crippen molar-refractivity contribution in [3.63, 3.8) is 0 Å². The Hall–Kier alpha value is -2.23. The van der Waals surface area contributed by atoms with E-state index in [9.17, 15) is 27.9 Å². The first-order chi connectivity index (χ1) is 17.9. The Morgan fingerprint density at radius 2 is 2.08 bits per heavy atom. The number of fused-ring (bicyclic) bond motifs is 1. The SMILES string of the molecule is CON=C(C(=O)NC1C(=O)N2C(C(=O)[O-])=C(CSc3nnnn3C)CS[C@@H]12)c1csc(=NS(C)(=O)=O)n1C.[Na+]. The molecule has 0 radical (unpaired) electrons. The molecule has 204 valence electrons. The fourth-order valence-corrected chi connectivity index (χ4v) is 7.65. The van der Waals surface area contributed by atoms with Crippen molar-refractivity contribution in [2.45, 2.75) is 16.6 Å². The second kappa shape index (κ2) is 12.5. The Balaban J connectivity index is 0.00000420. The minimum absolute atomic E-state index is 0. The number of sulfonamides is 1. The molecule has 2 aliphatic rings. The van der Waals surface area contributed by atoms with Gasteiger partial charge in [0, 0.05) is 31.0 Å². The van der Waals surface area contributed by atoms with Crippen molar-refractivity contribution in [1.82, 2.24) is 35.0 Å². The summed E-state index contributed by atoms with van der Waals surface area (Å²) in [5.74, 6) is -2.42. The zero-order valence-corrected chi connectivity index (χ0v) is 26.5. The number of nitrogens with one attached hydrogen (secondary N) is 1. The van der Waals surface area contributed by atoms with E-state index in [0.717, 1.165) is 22.5 Å². The van der Waals surface area contributed by atoms with Crippen LogP contribution in [0.3, 0.4) is 0 Å². The van der Waals surface area contributed by atoms with Crippen LogP contribution in [0.25, 0.3) is 0 Å². The predicted molar refractivity (Wildman–Crippen MR) is 134 cm³/mol. The van der Waals surface area contributed by atoms with Crippen LogP contribution in [0.2, 0.25) is 0 Å². The van der Waals surface area contributed by atoms with E-state index >= 15 is 0 Å². The van der Waals surface area contributed by atoms with Crippen LogP contribution in [0.1, 0.15) is 5.69 Å². The number of thiazole rings is 1. The molecule has 4 rings (SSSR count). The zero-order chi connectivity index (χ0) is 27.8. The standard InChI is InChI=1S/C18H21N9O7S4.Na/c1-25-9(7-37-18(25)22-38(4,32)33)10(21-34-3)13(28)19-11-14(29)27-12(16(30)31)8(5-35-15(11)27)6-36-17-20-23-24-26(17)2;/h7,11,15H,5-6H2,1-4H3,(H,19,28)(H,30,31);/q;+1/p-1/t11?,15-;/m0./s1. The molecule has 21 heteroatoms. The van der Waals surface area contributed by atoms with E-state index in [-0.39, 0.29) is 63.0 Å². The van der Waals surface area contributed by atoms with Crippen LogP contribution in [0.4, 0.5) is 0 Å². The van der Waals surface area contributed by atoms with Gasteiger partial charge in [0.25, 0.3) is 21.8 Å². The molecular formula is C18H20N9NaO7S4. The number of aryl methyl sites for hydroxylation is 1. The van der Waals surface area contributed by atoms with Crippen LogP contribution < -0.4 is 44.8 Å². The summed E-state index contributed by atoms with van der Waals surface area (Å²) in [6.07, 6.45) is 0.936. The van der Waals surface area contributed by atoms with Gasteiger partial charge in [-0.25, -0.2) is 13.1 Å². The molecule has 1 unspecified atom stereocenters. The number of tetrazole rings is 1. The van der Waals surface area contributed by atoms with E-state index in [1.54, 1.807) is 7.05 Å². The second-order valence-electron chi connectivity index (χ2n) is 7.88. The van der Waals surface area contributed by atoms with Gasteiger partial charge in [-0.2, -0.15) is 0 Å². The first-order valence-electron chi connectivity index (χ1n) is 10.5. The average molecular weight is 626 g/mol. The van der Waals surface area contributed by atoms with Gasteiger partial charge in [0.05, 0.1) is 23.6 Å². The first-order valence-corrected chi connectivity index (χ1v) is 15.2. The minimum atomic E-state index is -3.69. The molecule has 16 nitrogen and oxygen atoms in total. The molecule has 2 aromatic rings. The Bertz CT molecular complexity index is 1550. The van der Waals surface area contributed by atoms with Crippen molar-refractivity contribution < 1.29 is 62.3 Å². The molecule has 0 bridgehead atoms. The van der Waals surface area contributed by atoms with Gasteiger partial charge in [-0.05, 0) is 16.0 Å². The summed E-state index contributed by atoms with van der Waals surface area (Å²) < 4.78 is 29.5. The number of carboxylic acid groups (broad SMARTS) is 1. The van der Waals surface area contributed by atoms with Gasteiger partial charge in [0.15, 0.2) is 5.71 Å². The summed E-state index contributed by atoms with van der Waals surface area (Å²) in [5, 5.41) is 30.7. The third kappa shape index (κ3) is 6.57. The number of carbonyl (C=O) groups excluding carboxylic acids is 3. The summed E-state index contributed by atoms with van der Waals surface area (Å²) in [6, 6.07) is -1.04. The van der Waals surface area contributed by atoms with Crippen LogP contribution in [-0.4, -0.2) is 97.9 Å². The Morgan fingerprint density at radius 1 is 1.36 bits per heavy atom. The van der Waals surface area contributed by atoms with E-state index in [1.165, 1.54) is 52.3 Å². The van der Waals surface area contributed by atoms with Crippen LogP contribution in [-0.2, 0) is 43.3 Å². The number of nitrogens with zero attached hydrogens (tertiary/aromatic N) is 8. The van der Waals surface area contributed by atoms with Gasteiger partial charge < -0.3 is 24.6 Å². The van der Waals surface area contributed by atoms with E-state index in [4.69, 9.17) is 4.84 Å². The Kier molecular flexibility index (Phi) is 10.0. The molecule has 0 spiro atoms. The normalized spacial score (nSPS) is 19.8. The molecule has 4 heterocycles. The van der Waals surface area contributed by atoms with Crippen molar-refractivity contribution in [3.8, 4) is 0 Å². The zero-order valence-electron chi connectivity index (χ0n) is 21.2. The molecule has 2 aromatic heterocycles. The Labute approximate surface area is 256 Å². The monoisotopic (exact) mass is 625 g/mol. The van der Waals surface area contributed by atoms with Gasteiger partial charge in [-0.15, -0.1) is 32.6 Å². The van der Waals surface area contributed by atoms with Crippen molar-refractivity contribution >= 4 is 68.4 Å². The summed E-state index contributed by atoms with van der Waals surface area (Å²) in [7, 11) is 0.670.